The molecule has 0 saturated carbocycles. The van der Waals surface area contributed by atoms with Gasteiger partial charge < -0.3 is 4.74 Å². The summed E-state index contributed by atoms with van der Waals surface area (Å²) in [5.41, 5.74) is 1.18. The molecule has 1 aromatic heterocycles. The Balaban J connectivity index is 2.09. The van der Waals surface area contributed by atoms with Crippen LogP contribution in [0.4, 0.5) is 0 Å². The quantitative estimate of drug-likeness (QED) is 0.614. The highest BCUT2D eigenvalue weighted by atomic mass is 127. The number of alkyl halides is 1. The van der Waals surface area contributed by atoms with E-state index in [4.69, 9.17) is 4.74 Å². The van der Waals surface area contributed by atoms with Crippen LogP contribution in [0.25, 0.3) is 0 Å². The molecule has 2 heterocycles. The molecule has 0 N–H and O–H groups in total. The summed E-state index contributed by atoms with van der Waals surface area (Å²) in [6.07, 6.45) is 2.51. The van der Waals surface area contributed by atoms with E-state index < -0.39 is 0 Å². The van der Waals surface area contributed by atoms with E-state index in [1.165, 1.54) is 0 Å². The van der Waals surface area contributed by atoms with Gasteiger partial charge in [0.25, 0.3) is 0 Å². The van der Waals surface area contributed by atoms with Crippen molar-refractivity contribution in [3.63, 3.8) is 0 Å². The third kappa shape index (κ3) is 2.12. The maximum absolute atomic E-state index is 6.04. The summed E-state index contributed by atoms with van der Waals surface area (Å²) < 4.78 is 7.10. The van der Waals surface area contributed by atoms with Gasteiger partial charge in [-0.15, -0.1) is 11.3 Å². The van der Waals surface area contributed by atoms with E-state index in [0.29, 0.717) is 0 Å². The summed E-state index contributed by atoms with van der Waals surface area (Å²) in [6, 6.07) is 0. The predicted octanol–water partition coefficient (Wildman–Crippen LogP) is 3.50. The van der Waals surface area contributed by atoms with Crippen LogP contribution in [0.3, 0.4) is 0 Å². The number of aromatic nitrogens is 1. The summed E-state index contributed by atoms with van der Waals surface area (Å²) in [4.78, 5) is 4.48. The number of halogens is 1. The molecular formula is C10H14INOS. The lowest BCUT2D eigenvalue weighted by atomic mass is 10.1. The van der Waals surface area contributed by atoms with Crippen molar-refractivity contribution in [2.75, 3.05) is 4.43 Å². The van der Waals surface area contributed by atoms with Crippen LogP contribution in [0.2, 0.25) is 0 Å². The molecule has 1 fully saturated rings. The lowest BCUT2D eigenvalue weighted by molar-refractivity contribution is -0.0110. The number of hydrogen-bond donors (Lipinski definition) is 0. The molecule has 0 spiro atoms. The van der Waals surface area contributed by atoms with Gasteiger partial charge >= 0.3 is 0 Å². The molecule has 14 heavy (non-hydrogen) atoms. The molecule has 1 aromatic rings. The van der Waals surface area contributed by atoms with Gasteiger partial charge in [-0.25, -0.2) is 4.98 Å². The molecule has 0 aliphatic carbocycles. The molecule has 2 atom stereocenters. The van der Waals surface area contributed by atoms with Gasteiger partial charge in [-0.05, 0) is 26.7 Å². The highest BCUT2D eigenvalue weighted by molar-refractivity contribution is 14.1. The Labute approximate surface area is 102 Å². The first-order chi connectivity index (χ1) is 6.63. The number of thiazole rings is 1. The summed E-state index contributed by atoms with van der Waals surface area (Å²) in [5.74, 6) is 0. The van der Waals surface area contributed by atoms with Crippen LogP contribution < -0.4 is 0 Å². The summed E-state index contributed by atoms with van der Waals surface area (Å²) in [7, 11) is 0. The van der Waals surface area contributed by atoms with E-state index >= 15 is 0 Å². The first-order valence-corrected chi connectivity index (χ1v) is 7.19. The summed E-state index contributed by atoms with van der Waals surface area (Å²) in [5, 5.41) is 3.24. The molecule has 2 nitrogen and oxygen atoms in total. The monoisotopic (exact) mass is 323 g/mol. The Kier molecular flexibility index (Phi) is 3.14. The topological polar surface area (TPSA) is 22.1 Å². The maximum atomic E-state index is 6.04. The number of aryl methyl sites for hydroxylation is 1. The van der Waals surface area contributed by atoms with E-state index in [9.17, 15) is 0 Å². The zero-order chi connectivity index (χ0) is 10.2. The minimum absolute atomic E-state index is 0.0742. The SMILES string of the molecule is Cc1csc(C2CCC(C)(CI)O2)n1. The van der Waals surface area contributed by atoms with Crippen LogP contribution in [0.5, 0.6) is 0 Å². The van der Waals surface area contributed by atoms with Crippen LogP contribution in [0, 0.1) is 6.92 Å². The molecule has 0 radical (unpaired) electrons. The van der Waals surface area contributed by atoms with Crippen molar-refractivity contribution < 1.29 is 4.74 Å². The summed E-state index contributed by atoms with van der Waals surface area (Å²) >= 11 is 4.12. The molecule has 4 heteroatoms. The van der Waals surface area contributed by atoms with Crippen molar-refractivity contribution in [3.8, 4) is 0 Å². The highest BCUT2D eigenvalue weighted by Crippen LogP contribution is 2.40. The average Bonchev–Trinajstić information content (AvgIpc) is 2.73. The molecule has 2 unspecified atom stereocenters. The Bertz CT molecular complexity index is 328. The smallest absolute Gasteiger partial charge is 0.122 e. The van der Waals surface area contributed by atoms with Crippen molar-refractivity contribution in [2.45, 2.75) is 38.4 Å². The normalized spacial score (nSPS) is 32.4. The van der Waals surface area contributed by atoms with Crippen molar-refractivity contribution in [3.05, 3.63) is 16.1 Å². The van der Waals surface area contributed by atoms with Crippen LogP contribution >= 0.6 is 33.9 Å². The predicted molar refractivity (Wildman–Crippen MR) is 67.2 cm³/mol. The first kappa shape index (κ1) is 10.8. The van der Waals surface area contributed by atoms with E-state index in [1.807, 2.05) is 6.92 Å². The van der Waals surface area contributed by atoms with Crippen molar-refractivity contribution >= 4 is 33.9 Å². The second kappa shape index (κ2) is 4.06. The molecular weight excluding hydrogens is 309 g/mol. The number of ether oxygens (including phenoxy) is 1. The fourth-order valence-corrected chi connectivity index (χ4v) is 3.11. The highest BCUT2D eigenvalue weighted by Gasteiger charge is 2.36. The Morgan fingerprint density at radius 1 is 1.79 bits per heavy atom. The fraction of sp³-hybridized carbons (Fsp3) is 0.700. The second-order valence-electron chi connectivity index (χ2n) is 4.06. The largest absolute Gasteiger partial charge is 0.364 e. The molecule has 0 amide bonds. The van der Waals surface area contributed by atoms with Gasteiger partial charge in [-0.3, -0.25) is 0 Å². The van der Waals surface area contributed by atoms with Crippen LogP contribution in [-0.4, -0.2) is 15.0 Å². The van der Waals surface area contributed by atoms with E-state index in [1.54, 1.807) is 11.3 Å². The molecule has 1 aliphatic heterocycles. The zero-order valence-corrected chi connectivity index (χ0v) is 11.4. The Hall–Kier alpha value is 0.320. The molecule has 0 aromatic carbocycles. The lowest BCUT2D eigenvalue weighted by Gasteiger charge is -2.21. The van der Waals surface area contributed by atoms with E-state index in [0.717, 1.165) is 28.0 Å². The third-order valence-corrected chi connectivity index (χ3v) is 5.23. The number of nitrogens with zero attached hydrogens (tertiary/aromatic N) is 1. The third-order valence-electron chi connectivity index (χ3n) is 2.56. The molecule has 0 bridgehead atoms. The average molecular weight is 323 g/mol. The standard InChI is InChI=1S/C10H14INOS/c1-7-5-14-9(12-7)8-3-4-10(2,6-11)13-8/h5,8H,3-4,6H2,1-2H3. The maximum Gasteiger partial charge on any atom is 0.122 e. The van der Waals surface area contributed by atoms with Gasteiger partial charge in [0.2, 0.25) is 0 Å². The fourth-order valence-electron chi connectivity index (χ4n) is 1.69. The van der Waals surface area contributed by atoms with Gasteiger partial charge in [0, 0.05) is 15.5 Å². The van der Waals surface area contributed by atoms with Gasteiger partial charge in [0.1, 0.15) is 11.1 Å². The second-order valence-corrected chi connectivity index (χ2v) is 5.71. The number of hydrogen-bond acceptors (Lipinski definition) is 3. The lowest BCUT2D eigenvalue weighted by Crippen LogP contribution is -2.24. The van der Waals surface area contributed by atoms with Crippen molar-refractivity contribution in [1.82, 2.24) is 4.98 Å². The molecule has 1 saturated heterocycles. The van der Waals surface area contributed by atoms with Crippen molar-refractivity contribution in [1.29, 1.82) is 0 Å². The van der Waals surface area contributed by atoms with Crippen LogP contribution in [0.15, 0.2) is 5.38 Å². The zero-order valence-electron chi connectivity index (χ0n) is 8.42. The van der Waals surface area contributed by atoms with Crippen LogP contribution in [-0.2, 0) is 4.74 Å². The van der Waals surface area contributed by atoms with Gasteiger partial charge in [0.15, 0.2) is 0 Å². The van der Waals surface area contributed by atoms with Crippen LogP contribution in [0.1, 0.15) is 36.6 Å². The molecule has 2 rings (SSSR count). The Morgan fingerprint density at radius 3 is 3.07 bits per heavy atom. The minimum Gasteiger partial charge on any atom is -0.364 e. The summed E-state index contributed by atoms with van der Waals surface area (Å²) in [6.45, 7) is 4.23. The Morgan fingerprint density at radius 2 is 2.57 bits per heavy atom. The molecule has 1 aliphatic rings. The van der Waals surface area contributed by atoms with Gasteiger partial charge in [-0.2, -0.15) is 0 Å². The number of rotatable bonds is 2. The van der Waals surface area contributed by atoms with Gasteiger partial charge in [0.05, 0.1) is 5.60 Å². The minimum atomic E-state index is 0.0742. The van der Waals surface area contributed by atoms with Crippen molar-refractivity contribution in [2.24, 2.45) is 0 Å². The van der Waals surface area contributed by atoms with E-state index in [2.05, 4.69) is 39.9 Å². The van der Waals surface area contributed by atoms with Gasteiger partial charge in [-0.1, -0.05) is 22.6 Å². The molecule has 78 valence electrons. The first-order valence-electron chi connectivity index (χ1n) is 4.79. The van der Waals surface area contributed by atoms with E-state index in [-0.39, 0.29) is 11.7 Å².